The third kappa shape index (κ3) is 2.52. The Morgan fingerprint density at radius 1 is 1.62 bits per heavy atom. The summed E-state index contributed by atoms with van der Waals surface area (Å²) in [5.74, 6) is 0.141. The summed E-state index contributed by atoms with van der Waals surface area (Å²) in [5.41, 5.74) is 0.726. The van der Waals surface area contributed by atoms with Gasteiger partial charge >= 0.3 is 0 Å². The highest BCUT2D eigenvalue weighted by atomic mass is 19.1. The number of halogens is 1. The molecule has 1 atom stereocenters. The predicted molar refractivity (Wildman–Crippen MR) is 54.3 cm³/mol. The van der Waals surface area contributed by atoms with E-state index in [1.54, 1.807) is 12.2 Å². The van der Waals surface area contributed by atoms with E-state index < -0.39 is 6.17 Å². The van der Waals surface area contributed by atoms with Gasteiger partial charge in [-0.05, 0) is 12.5 Å². The minimum absolute atomic E-state index is 0.141. The van der Waals surface area contributed by atoms with Crippen molar-refractivity contribution >= 4 is 0 Å². The lowest BCUT2D eigenvalue weighted by molar-refractivity contribution is 0.202. The van der Waals surface area contributed by atoms with Crippen molar-refractivity contribution in [3.05, 3.63) is 36.5 Å². The van der Waals surface area contributed by atoms with Crippen molar-refractivity contribution in [2.75, 3.05) is 13.1 Å². The minimum Gasteiger partial charge on any atom is -0.316 e. The van der Waals surface area contributed by atoms with Gasteiger partial charge in [0.15, 0.2) is 0 Å². The van der Waals surface area contributed by atoms with Crippen LogP contribution in [0.1, 0.15) is 6.92 Å². The highest BCUT2D eigenvalue weighted by Crippen LogP contribution is 2.21. The van der Waals surface area contributed by atoms with Crippen LogP contribution in [0, 0.1) is 5.92 Å². The smallest absolute Gasteiger partial charge is 0.130 e. The highest BCUT2D eigenvalue weighted by Gasteiger charge is 2.28. The van der Waals surface area contributed by atoms with Gasteiger partial charge in [0, 0.05) is 19.0 Å². The van der Waals surface area contributed by atoms with Crippen molar-refractivity contribution in [1.29, 1.82) is 0 Å². The van der Waals surface area contributed by atoms with E-state index in [0.29, 0.717) is 0 Å². The van der Waals surface area contributed by atoms with E-state index in [4.69, 9.17) is 0 Å². The molecule has 72 valence electrons. The number of rotatable bonds is 4. The van der Waals surface area contributed by atoms with E-state index >= 15 is 0 Å². The van der Waals surface area contributed by atoms with Gasteiger partial charge in [0.1, 0.15) is 6.17 Å². The molecule has 1 aliphatic rings. The Kier molecular flexibility index (Phi) is 3.90. The maximum atomic E-state index is 13.7. The Morgan fingerprint density at radius 2 is 2.31 bits per heavy atom. The average Bonchev–Trinajstić information content (AvgIpc) is 2.01. The second-order valence-electron chi connectivity index (χ2n) is 3.22. The first-order chi connectivity index (χ1) is 6.29. The van der Waals surface area contributed by atoms with E-state index in [1.807, 2.05) is 19.1 Å². The molecule has 1 N–H and O–H groups in total. The third-order valence-corrected chi connectivity index (χ3v) is 2.21. The summed E-state index contributed by atoms with van der Waals surface area (Å²) in [5, 5.41) is 3.06. The summed E-state index contributed by atoms with van der Waals surface area (Å²) in [7, 11) is 0. The van der Waals surface area contributed by atoms with Gasteiger partial charge in [0.05, 0.1) is 0 Å². The molecule has 1 nitrogen and oxygen atoms in total. The summed E-state index contributed by atoms with van der Waals surface area (Å²) in [6, 6.07) is 0. The van der Waals surface area contributed by atoms with Crippen molar-refractivity contribution in [1.82, 2.24) is 5.32 Å². The monoisotopic (exact) mass is 181 g/mol. The highest BCUT2D eigenvalue weighted by molar-refractivity contribution is 5.28. The molecular formula is C11H16FN. The minimum atomic E-state index is -0.851. The fourth-order valence-electron chi connectivity index (χ4n) is 1.36. The van der Waals surface area contributed by atoms with Crippen molar-refractivity contribution < 1.29 is 4.39 Å². The van der Waals surface area contributed by atoms with Crippen LogP contribution in [0.4, 0.5) is 4.39 Å². The number of nitrogens with one attached hydrogen (secondary N) is 1. The molecule has 0 spiro atoms. The Morgan fingerprint density at radius 3 is 2.69 bits per heavy atom. The lowest BCUT2D eigenvalue weighted by Gasteiger charge is -2.30. The molecule has 1 fully saturated rings. The lowest BCUT2D eigenvalue weighted by atomic mass is 9.91. The van der Waals surface area contributed by atoms with Gasteiger partial charge in [-0.2, -0.15) is 0 Å². The van der Waals surface area contributed by atoms with Gasteiger partial charge < -0.3 is 5.32 Å². The van der Waals surface area contributed by atoms with Gasteiger partial charge in [-0.25, -0.2) is 4.39 Å². The van der Waals surface area contributed by atoms with Crippen molar-refractivity contribution in [3.8, 4) is 0 Å². The quantitative estimate of drug-likeness (QED) is 0.656. The van der Waals surface area contributed by atoms with E-state index in [2.05, 4.69) is 11.9 Å². The number of hydrogen-bond acceptors (Lipinski definition) is 1. The molecule has 0 radical (unpaired) electrons. The molecule has 2 heteroatoms. The zero-order valence-corrected chi connectivity index (χ0v) is 7.96. The SMILES string of the molecule is C=C/C=C(\C=C/C)C(F)C1CNC1. The molecule has 0 aromatic rings. The Balaban J connectivity index is 2.62. The fourth-order valence-corrected chi connectivity index (χ4v) is 1.36. The summed E-state index contributed by atoms with van der Waals surface area (Å²) in [6.07, 6.45) is 6.19. The first-order valence-electron chi connectivity index (χ1n) is 4.59. The van der Waals surface area contributed by atoms with Crippen LogP contribution in [-0.2, 0) is 0 Å². The predicted octanol–water partition coefficient (Wildman–Crippen LogP) is 2.23. The van der Waals surface area contributed by atoms with E-state index in [1.165, 1.54) is 0 Å². The molecule has 0 bridgehead atoms. The van der Waals surface area contributed by atoms with Gasteiger partial charge in [0.2, 0.25) is 0 Å². The number of hydrogen-bond donors (Lipinski definition) is 1. The van der Waals surface area contributed by atoms with Gasteiger partial charge in [-0.3, -0.25) is 0 Å². The van der Waals surface area contributed by atoms with Crippen molar-refractivity contribution in [3.63, 3.8) is 0 Å². The molecule has 0 aromatic carbocycles. The molecule has 1 aliphatic heterocycles. The fraction of sp³-hybridized carbons (Fsp3) is 0.455. The number of alkyl halides is 1. The van der Waals surface area contributed by atoms with Gasteiger partial charge in [0.25, 0.3) is 0 Å². The Bertz CT molecular complexity index is 226. The lowest BCUT2D eigenvalue weighted by Crippen LogP contribution is -2.47. The first-order valence-corrected chi connectivity index (χ1v) is 4.59. The third-order valence-electron chi connectivity index (χ3n) is 2.21. The Hall–Kier alpha value is -0.890. The van der Waals surface area contributed by atoms with Crippen molar-refractivity contribution in [2.45, 2.75) is 13.1 Å². The number of allylic oxidation sites excluding steroid dienone is 5. The first kappa shape index (κ1) is 10.2. The summed E-state index contributed by atoms with van der Waals surface area (Å²) in [4.78, 5) is 0. The molecule has 0 amide bonds. The normalized spacial score (nSPS) is 21.5. The van der Waals surface area contributed by atoms with Crippen LogP contribution in [0.25, 0.3) is 0 Å². The molecule has 1 saturated heterocycles. The standard InChI is InChI=1S/C11H16FN/c1-3-5-9(6-4-2)11(12)10-7-13-8-10/h3-6,10-11,13H,1,7-8H2,2H3/b6-4-,9-5+. The van der Waals surface area contributed by atoms with E-state index in [0.717, 1.165) is 18.7 Å². The largest absolute Gasteiger partial charge is 0.316 e. The molecule has 1 unspecified atom stereocenters. The second kappa shape index (κ2) is 4.97. The maximum Gasteiger partial charge on any atom is 0.130 e. The Labute approximate surface area is 79.0 Å². The maximum absolute atomic E-state index is 13.7. The van der Waals surface area contributed by atoms with E-state index in [9.17, 15) is 4.39 Å². The zero-order valence-electron chi connectivity index (χ0n) is 7.96. The molecule has 13 heavy (non-hydrogen) atoms. The van der Waals surface area contributed by atoms with Crippen molar-refractivity contribution in [2.24, 2.45) is 5.92 Å². The van der Waals surface area contributed by atoms with Crippen LogP contribution < -0.4 is 5.32 Å². The summed E-state index contributed by atoms with van der Waals surface area (Å²) >= 11 is 0. The topological polar surface area (TPSA) is 12.0 Å². The molecule has 0 aromatic heterocycles. The van der Waals surface area contributed by atoms with E-state index in [-0.39, 0.29) is 5.92 Å². The van der Waals surface area contributed by atoms with Crippen LogP contribution in [-0.4, -0.2) is 19.3 Å². The van der Waals surface area contributed by atoms with Crippen LogP contribution in [0.3, 0.4) is 0 Å². The average molecular weight is 181 g/mol. The summed E-state index contributed by atoms with van der Waals surface area (Å²) < 4.78 is 13.7. The van der Waals surface area contributed by atoms with Gasteiger partial charge in [-0.1, -0.05) is 30.9 Å². The molecule has 1 heterocycles. The zero-order chi connectivity index (χ0) is 9.68. The van der Waals surface area contributed by atoms with Crippen LogP contribution >= 0.6 is 0 Å². The summed E-state index contributed by atoms with van der Waals surface area (Å²) in [6.45, 7) is 7.04. The van der Waals surface area contributed by atoms with Crippen LogP contribution in [0.15, 0.2) is 36.5 Å². The second-order valence-corrected chi connectivity index (χ2v) is 3.22. The molecular weight excluding hydrogens is 165 g/mol. The van der Waals surface area contributed by atoms with Crippen LogP contribution in [0.2, 0.25) is 0 Å². The molecule has 0 saturated carbocycles. The van der Waals surface area contributed by atoms with Gasteiger partial charge in [-0.15, -0.1) is 0 Å². The van der Waals surface area contributed by atoms with Crippen LogP contribution in [0.5, 0.6) is 0 Å². The molecule has 0 aliphatic carbocycles. The molecule has 1 rings (SSSR count).